The Morgan fingerprint density at radius 3 is 2.52 bits per heavy atom. The summed E-state index contributed by atoms with van der Waals surface area (Å²) in [7, 11) is -3.04. The Morgan fingerprint density at radius 2 is 1.95 bits per heavy atom. The van der Waals surface area contributed by atoms with Crippen molar-refractivity contribution in [3.05, 3.63) is 33.9 Å². The molecule has 1 aromatic rings. The average Bonchev–Trinajstić information content (AvgIpc) is 2.40. The van der Waals surface area contributed by atoms with E-state index in [0.717, 1.165) is 18.2 Å². The molecule has 0 spiro atoms. The van der Waals surface area contributed by atoms with Crippen LogP contribution in [0, 0.1) is 10.1 Å². The molecule has 1 aliphatic heterocycles. The van der Waals surface area contributed by atoms with Crippen LogP contribution in [0.4, 0.5) is 5.69 Å². The van der Waals surface area contributed by atoms with Crippen molar-refractivity contribution in [1.29, 1.82) is 0 Å². The minimum atomic E-state index is -3.04. The molecular weight excluding hydrogens is 300 g/mol. The van der Waals surface area contributed by atoms with E-state index < -0.39 is 26.4 Å². The van der Waals surface area contributed by atoms with Gasteiger partial charge in [0, 0.05) is 12.1 Å². The van der Waals surface area contributed by atoms with E-state index in [9.17, 15) is 28.4 Å². The Labute approximate surface area is 120 Å². The Kier molecular flexibility index (Phi) is 4.12. The van der Waals surface area contributed by atoms with Gasteiger partial charge in [-0.3, -0.25) is 14.9 Å². The molecule has 0 bridgehead atoms. The number of nitro groups is 1. The third-order valence-corrected chi connectivity index (χ3v) is 5.03. The van der Waals surface area contributed by atoms with E-state index in [1.54, 1.807) is 0 Å². The molecule has 114 valence electrons. The first kappa shape index (κ1) is 15.2. The maximum absolute atomic E-state index is 12.1. The van der Waals surface area contributed by atoms with Crippen molar-refractivity contribution in [2.24, 2.45) is 0 Å². The lowest BCUT2D eigenvalue weighted by atomic mass is 10.1. The van der Waals surface area contributed by atoms with Gasteiger partial charge < -0.3 is 10.4 Å². The van der Waals surface area contributed by atoms with Gasteiger partial charge in [-0.2, -0.15) is 0 Å². The van der Waals surface area contributed by atoms with Gasteiger partial charge in [-0.25, -0.2) is 8.42 Å². The van der Waals surface area contributed by atoms with Gasteiger partial charge in [-0.1, -0.05) is 0 Å². The van der Waals surface area contributed by atoms with Crippen LogP contribution in [0.2, 0.25) is 0 Å². The number of sulfone groups is 1. The number of carbonyl (C=O) groups is 1. The monoisotopic (exact) mass is 314 g/mol. The number of phenolic OH excluding ortho intramolecular Hbond substituents is 1. The number of hydrogen-bond donors (Lipinski definition) is 2. The number of benzene rings is 1. The van der Waals surface area contributed by atoms with Gasteiger partial charge in [0.1, 0.15) is 21.2 Å². The summed E-state index contributed by atoms with van der Waals surface area (Å²) < 4.78 is 22.6. The summed E-state index contributed by atoms with van der Waals surface area (Å²) in [6.07, 6.45) is 0.557. The molecule has 0 radical (unpaired) electrons. The fourth-order valence-corrected chi connectivity index (χ4v) is 3.65. The second-order valence-corrected chi connectivity index (χ2v) is 7.16. The topological polar surface area (TPSA) is 127 Å². The standard InChI is InChI=1S/C12H14N2O6S/c15-9-1-2-11(14(17)18)10(7-9)12(16)13-8-3-5-21(19,20)6-4-8/h1-2,7-8,15H,3-6H2,(H,13,16). The summed E-state index contributed by atoms with van der Waals surface area (Å²) in [5.74, 6) is -0.973. The van der Waals surface area contributed by atoms with Crippen LogP contribution in [-0.4, -0.2) is 41.9 Å². The summed E-state index contributed by atoms with van der Waals surface area (Å²) >= 11 is 0. The van der Waals surface area contributed by atoms with E-state index in [0.29, 0.717) is 0 Å². The molecule has 9 heteroatoms. The zero-order valence-electron chi connectivity index (χ0n) is 11.0. The van der Waals surface area contributed by atoms with Crippen molar-refractivity contribution in [2.45, 2.75) is 18.9 Å². The number of rotatable bonds is 3. The SMILES string of the molecule is O=C(NC1CCS(=O)(=O)CC1)c1cc(O)ccc1[N+](=O)[O-]. The number of nitrogens with one attached hydrogen (secondary N) is 1. The minimum absolute atomic E-state index is 0.0138. The zero-order valence-corrected chi connectivity index (χ0v) is 11.8. The largest absolute Gasteiger partial charge is 0.508 e. The Morgan fingerprint density at radius 1 is 1.33 bits per heavy atom. The van der Waals surface area contributed by atoms with Crippen LogP contribution >= 0.6 is 0 Å². The van der Waals surface area contributed by atoms with Crippen LogP contribution in [0.5, 0.6) is 5.75 Å². The highest BCUT2D eigenvalue weighted by atomic mass is 32.2. The number of amides is 1. The Hall–Kier alpha value is -2.16. The molecule has 1 saturated heterocycles. The van der Waals surface area contributed by atoms with Crippen LogP contribution in [-0.2, 0) is 9.84 Å². The van der Waals surface area contributed by atoms with Crippen LogP contribution in [0.3, 0.4) is 0 Å². The van der Waals surface area contributed by atoms with Crippen molar-refractivity contribution in [2.75, 3.05) is 11.5 Å². The Bertz CT molecular complexity index is 671. The zero-order chi connectivity index (χ0) is 15.6. The quantitative estimate of drug-likeness (QED) is 0.621. The third kappa shape index (κ3) is 3.69. The molecule has 0 atom stereocenters. The molecule has 1 aliphatic rings. The van der Waals surface area contributed by atoms with Gasteiger partial charge >= 0.3 is 0 Å². The van der Waals surface area contributed by atoms with Gasteiger partial charge in [0.2, 0.25) is 0 Å². The molecule has 0 saturated carbocycles. The third-order valence-electron chi connectivity index (χ3n) is 3.31. The lowest BCUT2D eigenvalue weighted by Gasteiger charge is -2.22. The first-order valence-corrected chi connectivity index (χ1v) is 8.09. The molecule has 0 aliphatic carbocycles. The first-order valence-electron chi connectivity index (χ1n) is 6.27. The van der Waals surface area contributed by atoms with E-state index in [1.807, 2.05) is 0 Å². The molecule has 1 aromatic carbocycles. The second kappa shape index (κ2) is 5.68. The molecule has 1 heterocycles. The molecule has 2 N–H and O–H groups in total. The predicted octanol–water partition coefficient (Wildman–Crippen LogP) is 0.607. The summed E-state index contributed by atoms with van der Waals surface area (Å²) in [6.45, 7) is 0. The van der Waals surface area contributed by atoms with Gasteiger partial charge in [0.15, 0.2) is 0 Å². The smallest absolute Gasteiger partial charge is 0.282 e. The lowest BCUT2D eigenvalue weighted by molar-refractivity contribution is -0.385. The molecule has 21 heavy (non-hydrogen) atoms. The Balaban J connectivity index is 2.14. The van der Waals surface area contributed by atoms with Gasteiger partial charge in [0.05, 0.1) is 16.4 Å². The number of aromatic hydroxyl groups is 1. The van der Waals surface area contributed by atoms with E-state index in [4.69, 9.17) is 0 Å². The second-order valence-electron chi connectivity index (χ2n) is 4.86. The van der Waals surface area contributed by atoms with Gasteiger partial charge in [0.25, 0.3) is 11.6 Å². The highest BCUT2D eigenvalue weighted by molar-refractivity contribution is 7.91. The molecule has 2 rings (SSSR count). The van der Waals surface area contributed by atoms with Crippen molar-refractivity contribution >= 4 is 21.4 Å². The van der Waals surface area contributed by atoms with Crippen molar-refractivity contribution in [1.82, 2.24) is 5.32 Å². The summed E-state index contributed by atoms with van der Waals surface area (Å²) in [5.41, 5.74) is -0.651. The highest BCUT2D eigenvalue weighted by Gasteiger charge is 2.27. The van der Waals surface area contributed by atoms with Gasteiger partial charge in [-0.15, -0.1) is 0 Å². The molecule has 1 amide bonds. The molecule has 8 nitrogen and oxygen atoms in total. The molecule has 0 aromatic heterocycles. The number of phenols is 1. The van der Waals surface area contributed by atoms with Crippen LogP contribution in [0.1, 0.15) is 23.2 Å². The number of hydrogen-bond acceptors (Lipinski definition) is 6. The van der Waals surface area contributed by atoms with Crippen LogP contribution in [0.25, 0.3) is 0 Å². The summed E-state index contributed by atoms with van der Waals surface area (Å²) in [4.78, 5) is 22.2. The molecule has 0 unspecified atom stereocenters. The molecular formula is C12H14N2O6S. The predicted molar refractivity (Wildman–Crippen MR) is 73.9 cm³/mol. The fourth-order valence-electron chi connectivity index (χ4n) is 2.16. The number of nitro benzene ring substituents is 1. The number of carbonyl (C=O) groups excluding carboxylic acids is 1. The maximum atomic E-state index is 12.1. The normalized spacial score (nSPS) is 18.1. The summed E-state index contributed by atoms with van der Waals surface area (Å²) in [5, 5.41) is 22.8. The lowest BCUT2D eigenvalue weighted by Crippen LogP contribution is -2.41. The van der Waals surface area contributed by atoms with E-state index >= 15 is 0 Å². The van der Waals surface area contributed by atoms with Crippen LogP contribution in [0.15, 0.2) is 18.2 Å². The minimum Gasteiger partial charge on any atom is -0.508 e. The van der Waals surface area contributed by atoms with Crippen molar-refractivity contribution in [3.8, 4) is 5.75 Å². The van der Waals surface area contributed by atoms with Crippen LogP contribution < -0.4 is 5.32 Å². The van der Waals surface area contributed by atoms with Crippen molar-refractivity contribution in [3.63, 3.8) is 0 Å². The van der Waals surface area contributed by atoms with E-state index in [1.165, 1.54) is 0 Å². The first-order chi connectivity index (χ1) is 9.78. The van der Waals surface area contributed by atoms with E-state index in [-0.39, 0.29) is 41.7 Å². The maximum Gasteiger partial charge on any atom is 0.282 e. The average molecular weight is 314 g/mol. The highest BCUT2D eigenvalue weighted by Crippen LogP contribution is 2.23. The summed E-state index contributed by atoms with van der Waals surface area (Å²) in [6, 6.07) is 2.85. The van der Waals surface area contributed by atoms with Crippen molar-refractivity contribution < 1.29 is 23.2 Å². The fraction of sp³-hybridized carbons (Fsp3) is 0.417. The van der Waals surface area contributed by atoms with E-state index in [2.05, 4.69) is 5.32 Å². The number of nitrogens with zero attached hydrogens (tertiary/aromatic N) is 1. The van der Waals surface area contributed by atoms with Gasteiger partial charge in [-0.05, 0) is 25.0 Å². The molecule has 1 fully saturated rings.